The first-order valence-electron chi connectivity index (χ1n) is 6.97. The zero-order valence-corrected chi connectivity index (χ0v) is 14.5. The van der Waals surface area contributed by atoms with E-state index in [1.165, 1.54) is 30.0 Å². The van der Waals surface area contributed by atoms with Gasteiger partial charge in [-0.05, 0) is 36.1 Å². The van der Waals surface area contributed by atoms with Gasteiger partial charge in [0.1, 0.15) is 11.6 Å². The molecule has 1 N–H and O–H groups in total. The third-order valence-corrected chi connectivity index (χ3v) is 4.39. The van der Waals surface area contributed by atoms with Gasteiger partial charge in [0.25, 0.3) is 0 Å². The highest BCUT2D eigenvalue weighted by atomic mass is 35.5. The predicted molar refractivity (Wildman–Crippen MR) is 92.1 cm³/mol. The third-order valence-electron chi connectivity index (χ3n) is 3.30. The zero-order valence-electron chi connectivity index (χ0n) is 12.9. The molecule has 2 rings (SSSR count). The second-order valence-electron chi connectivity index (χ2n) is 5.31. The molecule has 0 bridgehead atoms. The van der Waals surface area contributed by atoms with Crippen LogP contribution < -0.4 is 5.32 Å². The first kappa shape index (κ1) is 17.8. The van der Waals surface area contributed by atoms with Gasteiger partial charge >= 0.3 is 0 Å². The highest BCUT2D eigenvalue weighted by Gasteiger charge is 2.15. The molecule has 1 amide bonds. The number of hydrogen-bond donors (Lipinski definition) is 1. The Kier molecular flexibility index (Phi) is 5.65. The summed E-state index contributed by atoms with van der Waals surface area (Å²) in [6.07, 6.45) is 1.77. The van der Waals surface area contributed by atoms with Crippen molar-refractivity contribution in [3.05, 3.63) is 47.0 Å². The van der Waals surface area contributed by atoms with Crippen molar-refractivity contribution in [1.82, 2.24) is 0 Å². The first-order valence-corrected chi connectivity index (χ1v) is 8.57. The topological polar surface area (TPSA) is 29.1 Å². The van der Waals surface area contributed by atoms with Gasteiger partial charge in [-0.25, -0.2) is 8.78 Å². The lowest BCUT2D eigenvalue weighted by Crippen LogP contribution is -2.18. The van der Waals surface area contributed by atoms with Crippen LogP contribution in [0.2, 0.25) is 5.02 Å². The average Bonchev–Trinajstić information content (AvgIpc) is 2.50. The van der Waals surface area contributed by atoms with Crippen LogP contribution in [-0.4, -0.2) is 12.2 Å². The molecule has 0 aromatic heterocycles. The quantitative estimate of drug-likeness (QED) is 0.723. The molecule has 0 heterocycles. The minimum absolute atomic E-state index is 0.0126. The van der Waals surface area contributed by atoms with Crippen molar-refractivity contribution >= 4 is 35.0 Å². The Hall–Kier alpha value is -1.59. The lowest BCUT2D eigenvalue weighted by Gasteiger charge is -2.12. The van der Waals surface area contributed by atoms with Crippen LogP contribution in [0.4, 0.5) is 14.5 Å². The van der Waals surface area contributed by atoms with E-state index in [0.717, 1.165) is 0 Å². The van der Waals surface area contributed by atoms with Gasteiger partial charge in [-0.15, -0.1) is 11.8 Å². The normalized spacial score (nSPS) is 10.9. The fourth-order valence-corrected chi connectivity index (χ4v) is 2.71. The standard InChI is InChI=1S/C17H16ClF2NOS/c1-9(2)17(22)21-15-8-12(18)11(7-13(15)19)10-4-5-16(23-3)14(20)6-10/h4-9H,1-3H3,(H,21,22). The molecule has 0 aliphatic carbocycles. The minimum atomic E-state index is -0.618. The van der Waals surface area contributed by atoms with E-state index in [0.29, 0.717) is 16.0 Å². The van der Waals surface area contributed by atoms with Crippen LogP contribution in [0, 0.1) is 17.6 Å². The molecule has 2 aromatic rings. The van der Waals surface area contributed by atoms with E-state index in [-0.39, 0.29) is 28.4 Å². The summed E-state index contributed by atoms with van der Waals surface area (Å²) in [4.78, 5) is 12.2. The Morgan fingerprint density at radius 1 is 1.17 bits per heavy atom. The fraction of sp³-hybridized carbons (Fsp3) is 0.235. The molecule has 0 atom stereocenters. The number of rotatable bonds is 4. The number of amides is 1. The molecule has 0 fully saturated rings. The van der Waals surface area contributed by atoms with Crippen LogP contribution in [0.1, 0.15) is 13.8 Å². The summed E-state index contributed by atoms with van der Waals surface area (Å²) >= 11 is 7.47. The summed E-state index contributed by atoms with van der Waals surface area (Å²) in [5.41, 5.74) is 0.864. The summed E-state index contributed by atoms with van der Waals surface area (Å²) in [7, 11) is 0. The van der Waals surface area contributed by atoms with E-state index in [2.05, 4.69) is 5.32 Å². The van der Waals surface area contributed by atoms with E-state index < -0.39 is 5.82 Å². The maximum absolute atomic E-state index is 14.2. The average molecular weight is 356 g/mol. The molecule has 0 spiro atoms. The van der Waals surface area contributed by atoms with Gasteiger partial charge in [0.15, 0.2) is 0 Å². The number of thioether (sulfide) groups is 1. The van der Waals surface area contributed by atoms with Crippen molar-refractivity contribution in [3.8, 4) is 11.1 Å². The highest BCUT2D eigenvalue weighted by molar-refractivity contribution is 7.98. The molecule has 2 nitrogen and oxygen atoms in total. The molecule has 0 saturated heterocycles. The molecular weight excluding hydrogens is 340 g/mol. The second kappa shape index (κ2) is 7.32. The molecule has 0 radical (unpaired) electrons. The Balaban J connectivity index is 2.40. The summed E-state index contributed by atoms with van der Waals surface area (Å²) in [5, 5.41) is 2.72. The van der Waals surface area contributed by atoms with Crippen molar-refractivity contribution in [2.24, 2.45) is 5.92 Å². The van der Waals surface area contributed by atoms with Crippen molar-refractivity contribution in [3.63, 3.8) is 0 Å². The number of benzene rings is 2. The van der Waals surface area contributed by atoms with E-state index in [1.807, 2.05) is 0 Å². The molecule has 23 heavy (non-hydrogen) atoms. The van der Waals surface area contributed by atoms with E-state index in [4.69, 9.17) is 11.6 Å². The van der Waals surface area contributed by atoms with Crippen molar-refractivity contribution in [1.29, 1.82) is 0 Å². The van der Waals surface area contributed by atoms with Crippen LogP contribution in [-0.2, 0) is 4.79 Å². The Labute approximate surface area is 143 Å². The molecule has 2 aromatic carbocycles. The van der Waals surface area contributed by atoms with Crippen LogP contribution in [0.3, 0.4) is 0 Å². The Morgan fingerprint density at radius 2 is 1.87 bits per heavy atom. The summed E-state index contributed by atoms with van der Waals surface area (Å²) in [5.74, 6) is -1.58. The van der Waals surface area contributed by atoms with Gasteiger partial charge in [0.2, 0.25) is 5.91 Å². The van der Waals surface area contributed by atoms with Gasteiger partial charge < -0.3 is 5.32 Å². The van der Waals surface area contributed by atoms with Crippen molar-refractivity contribution < 1.29 is 13.6 Å². The number of nitrogens with one attached hydrogen (secondary N) is 1. The molecule has 122 valence electrons. The molecule has 0 saturated carbocycles. The lowest BCUT2D eigenvalue weighted by molar-refractivity contribution is -0.118. The van der Waals surface area contributed by atoms with E-state index in [1.54, 1.807) is 32.2 Å². The molecule has 0 unspecified atom stereocenters. The molecule has 6 heteroatoms. The van der Waals surface area contributed by atoms with Gasteiger partial charge in [-0.1, -0.05) is 31.5 Å². The van der Waals surface area contributed by atoms with Crippen LogP contribution in [0.15, 0.2) is 35.2 Å². The molecular formula is C17H16ClF2NOS. The van der Waals surface area contributed by atoms with E-state index >= 15 is 0 Å². The molecule has 0 aliphatic heterocycles. The maximum Gasteiger partial charge on any atom is 0.227 e. The summed E-state index contributed by atoms with van der Waals surface area (Å²) < 4.78 is 28.1. The number of anilines is 1. The van der Waals surface area contributed by atoms with Gasteiger partial charge in [-0.3, -0.25) is 4.79 Å². The smallest absolute Gasteiger partial charge is 0.227 e. The van der Waals surface area contributed by atoms with Crippen molar-refractivity contribution in [2.45, 2.75) is 18.7 Å². The number of halogens is 3. The maximum atomic E-state index is 14.2. The second-order valence-corrected chi connectivity index (χ2v) is 6.56. The van der Waals surface area contributed by atoms with Gasteiger partial charge in [-0.2, -0.15) is 0 Å². The Bertz CT molecular complexity index is 750. The summed E-state index contributed by atoms with van der Waals surface area (Å²) in [6, 6.07) is 7.16. The predicted octanol–water partition coefficient (Wildman–Crippen LogP) is 5.60. The number of carbonyl (C=O) groups excluding carboxylic acids is 1. The third kappa shape index (κ3) is 4.03. The minimum Gasteiger partial charge on any atom is -0.323 e. The van der Waals surface area contributed by atoms with Crippen LogP contribution >= 0.6 is 23.4 Å². The summed E-state index contributed by atoms with van der Waals surface area (Å²) in [6.45, 7) is 3.42. The molecule has 0 aliphatic rings. The van der Waals surface area contributed by atoms with Gasteiger partial charge in [0.05, 0.1) is 10.7 Å². The number of carbonyl (C=O) groups is 1. The zero-order chi connectivity index (χ0) is 17.1. The van der Waals surface area contributed by atoms with Crippen molar-refractivity contribution in [2.75, 3.05) is 11.6 Å². The number of hydrogen-bond acceptors (Lipinski definition) is 2. The fourth-order valence-electron chi connectivity index (χ4n) is 1.97. The monoisotopic (exact) mass is 355 g/mol. The highest BCUT2D eigenvalue weighted by Crippen LogP contribution is 2.34. The first-order chi connectivity index (χ1) is 10.8. The Morgan fingerprint density at radius 3 is 2.43 bits per heavy atom. The SMILES string of the molecule is CSc1ccc(-c2cc(F)c(NC(=O)C(C)C)cc2Cl)cc1F. The van der Waals surface area contributed by atoms with Crippen LogP contribution in [0.25, 0.3) is 11.1 Å². The lowest BCUT2D eigenvalue weighted by atomic mass is 10.0. The van der Waals surface area contributed by atoms with E-state index in [9.17, 15) is 13.6 Å². The largest absolute Gasteiger partial charge is 0.323 e. The van der Waals surface area contributed by atoms with Gasteiger partial charge in [0, 0.05) is 16.4 Å². The van der Waals surface area contributed by atoms with Crippen LogP contribution in [0.5, 0.6) is 0 Å².